The van der Waals surface area contributed by atoms with Gasteiger partial charge in [-0.15, -0.1) is 0 Å². The van der Waals surface area contributed by atoms with Gasteiger partial charge in [-0.25, -0.2) is 0 Å². The van der Waals surface area contributed by atoms with Crippen LogP contribution in [0.15, 0.2) is 23.5 Å². The maximum absolute atomic E-state index is 8.55. The summed E-state index contributed by atoms with van der Waals surface area (Å²) >= 11 is 0. The number of nitrogens with zero attached hydrogens (tertiary/aromatic N) is 2. The third kappa shape index (κ3) is 4.80. The van der Waals surface area contributed by atoms with Crippen LogP contribution in [0.5, 0.6) is 0 Å². The molecule has 0 aliphatic heterocycles. The molecular formula is C11H18N4O2. The standard InChI is InChI=1S/C11H18N4O2/c1-17-6-2-4-13-8-9-3-5-14-10(7-9)11(12)15-16/h3,5,7,13,16H,2,4,6,8H2,1H3,(H2,12,15). The molecule has 1 rings (SSSR count). The molecule has 94 valence electrons. The highest BCUT2D eigenvalue weighted by Crippen LogP contribution is 2.01. The van der Waals surface area contributed by atoms with E-state index in [0.29, 0.717) is 5.69 Å². The van der Waals surface area contributed by atoms with Gasteiger partial charge in [0.2, 0.25) is 0 Å². The number of aromatic nitrogens is 1. The SMILES string of the molecule is COCCCNCc1ccnc(C(N)=NO)c1. The number of hydrogen-bond donors (Lipinski definition) is 3. The van der Waals surface area contributed by atoms with E-state index in [4.69, 9.17) is 15.7 Å². The van der Waals surface area contributed by atoms with E-state index in [2.05, 4.69) is 15.5 Å². The summed E-state index contributed by atoms with van der Waals surface area (Å²) in [6, 6.07) is 3.68. The Kier molecular flexibility index (Phi) is 5.98. The zero-order chi connectivity index (χ0) is 12.5. The fourth-order valence-electron chi connectivity index (χ4n) is 1.35. The monoisotopic (exact) mass is 238 g/mol. The van der Waals surface area contributed by atoms with Crippen LogP contribution in [0, 0.1) is 0 Å². The number of amidine groups is 1. The highest BCUT2D eigenvalue weighted by molar-refractivity contribution is 5.95. The zero-order valence-corrected chi connectivity index (χ0v) is 9.89. The molecule has 1 heterocycles. The lowest BCUT2D eigenvalue weighted by molar-refractivity contribution is 0.194. The highest BCUT2D eigenvalue weighted by Gasteiger charge is 2.01. The third-order valence-corrected chi connectivity index (χ3v) is 2.23. The molecular weight excluding hydrogens is 220 g/mol. The normalized spacial score (nSPS) is 11.7. The van der Waals surface area contributed by atoms with Gasteiger partial charge in [0.05, 0.1) is 0 Å². The van der Waals surface area contributed by atoms with Gasteiger partial charge in [-0.2, -0.15) is 0 Å². The molecule has 0 fully saturated rings. The molecule has 17 heavy (non-hydrogen) atoms. The molecule has 0 aliphatic carbocycles. The van der Waals surface area contributed by atoms with E-state index in [1.54, 1.807) is 19.4 Å². The molecule has 0 saturated carbocycles. The summed E-state index contributed by atoms with van der Waals surface area (Å²) in [4.78, 5) is 4.00. The van der Waals surface area contributed by atoms with Crippen molar-refractivity contribution >= 4 is 5.84 Å². The van der Waals surface area contributed by atoms with Gasteiger partial charge in [-0.05, 0) is 30.7 Å². The number of hydrogen-bond acceptors (Lipinski definition) is 5. The van der Waals surface area contributed by atoms with E-state index in [1.807, 2.05) is 6.07 Å². The fraction of sp³-hybridized carbons (Fsp3) is 0.455. The van der Waals surface area contributed by atoms with Gasteiger partial charge in [0.25, 0.3) is 0 Å². The fourth-order valence-corrected chi connectivity index (χ4v) is 1.35. The van der Waals surface area contributed by atoms with Crippen molar-refractivity contribution in [3.8, 4) is 0 Å². The molecule has 0 amide bonds. The van der Waals surface area contributed by atoms with Crippen LogP contribution in [-0.2, 0) is 11.3 Å². The molecule has 0 spiro atoms. The predicted octanol–water partition coefficient (Wildman–Crippen LogP) is 0.302. The summed E-state index contributed by atoms with van der Waals surface area (Å²) in [6.45, 7) is 2.35. The zero-order valence-electron chi connectivity index (χ0n) is 9.89. The van der Waals surface area contributed by atoms with E-state index in [9.17, 15) is 0 Å². The van der Waals surface area contributed by atoms with E-state index in [1.165, 1.54) is 0 Å². The summed E-state index contributed by atoms with van der Waals surface area (Å²) in [5.74, 6) is 0.0197. The second-order valence-corrected chi connectivity index (χ2v) is 3.56. The van der Waals surface area contributed by atoms with Crippen LogP contribution in [0.2, 0.25) is 0 Å². The van der Waals surface area contributed by atoms with Crippen molar-refractivity contribution in [1.29, 1.82) is 0 Å². The van der Waals surface area contributed by atoms with Gasteiger partial charge in [-0.1, -0.05) is 5.16 Å². The summed E-state index contributed by atoms with van der Waals surface area (Å²) in [5.41, 5.74) is 6.97. The third-order valence-electron chi connectivity index (χ3n) is 2.23. The molecule has 1 aromatic heterocycles. The van der Waals surface area contributed by atoms with Crippen LogP contribution in [0.25, 0.3) is 0 Å². The second kappa shape index (κ2) is 7.59. The van der Waals surface area contributed by atoms with Gasteiger partial charge in [0.1, 0.15) is 5.69 Å². The van der Waals surface area contributed by atoms with E-state index in [-0.39, 0.29) is 5.84 Å². The number of nitrogens with one attached hydrogen (secondary N) is 1. The van der Waals surface area contributed by atoms with Crippen molar-refractivity contribution in [2.45, 2.75) is 13.0 Å². The van der Waals surface area contributed by atoms with Gasteiger partial charge >= 0.3 is 0 Å². The largest absolute Gasteiger partial charge is 0.409 e. The van der Waals surface area contributed by atoms with Crippen LogP contribution >= 0.6 is 0 Å². The Morgan fingerprint density at radius 1 is 1.65 bits per heavy atom. The lowest BCUT2D eigenvalue weighted by atomic mass is 10.2. The van der Waals surface area contributed by atoms with Crippen LogP contribution < -0.4 is 11.1 Å². The number of nitrogens with two attached hydrogens (primary N) is 1. The first-order valence-electron chi connectivity index (χ1n) is 5.40. The number of oxime groups is 1. The quantitative estimate of drug-likeness (QED) is 0.209. The van der Waals surface area contributed by atoms with Gasteiger partial charge in [0.15, 0.2) is 5.84 Å². The Bertz CT molecular complexity index is 368. The van der Waals surface area contributed by atoms with Crippen molar-refractivity contribution in [2.24, 2.45) is 10.9 Å². The highest BCUT2D eigenvalue weighted by atomic mass is 16.5. The molecule has 6 heteroatoms. The first-order valence-corrected chi connectivity index (χ1v) is 5.40. The number of rotatable bonds is 7. The smallest absolute Gasteiger partial charge is 0.188 e. The molecule has 0 bridgehead atoms. The van der Waals surface area contributed by atoms with Crippen LogP contribution in [0.4, 0.5) is 0 Å². The van der Waals surface area contributed by atoms with Crippen LogP contribution in [0.3, 0.4) is 0 Å². The summed E-state index contributed by atoms with van der Waals surface area (Å²) in [5, 5.41) is 14.7. The molecule has 0 atom stereocenters. The molecule has 0 radical (unpaired) electrons. The lowest BCUT2D eigenvalue weighted by Crippen LogP contribution is -2.18. The Morgan fingerprint density at radius 2 is 2.47 bits per heavy atom. The Hall–Kier alpha value is -1.66. The molecule has 0 aliphatic rings. The minimum absolute atomic E-state index is 0.0197. The summed E-state index contributed by atoms with van der Waals surface area (Å²) < 4.78 is 4.95. The van der Waals surface area contributed by atoms with Crippen molar-refractivity contribution in [2.75, 3.05) is 20.3 Å². The van der Waals surface area contributed by atoms with Crippen LogP contribution in [0.1, 0.15) is 17.7 Å². The average molecular weight is 238 g/mol. The van der Waals surface area contributed by atoms with Crippen molar-refractivity contribution in [3.05, 3.63) is 29.6 Å². The van der Waals surface area contributed by atoms with Gasteiger partial charge in [0, 0.05) is 26.5 Å². The van der Waals surface area contributed by atoms with Crippen molar-refractivity contribution < 1.29 is 9.94 Å². The minimum atomic E-state index is 0.0197. The van der Waals surface area contributed by atoms with Gasteiger partial charge < -0.3 is 21.0 Å². The first kappa shape index (κ1) is 13.4. The average Bonchev–Trinajstić information content (AvgIpc) is 2.38. The molecule has 4 N–H and O–H groups in total. The van der Waals surface area contributed by atoms with Crippen molar-refractivity contribution in [1.82, 2.24) is 10.3 Å². The lowest BCUT2D eigenvalue weighted by Gasteiger charge is -2.05. The summed E-state index contributed by atoms with van der Waals surface area (Å²) in [7, 11) is 1.69. The van der Waals surface area contributed by atoms with E-state index < -0.39 is 0 Å². The molecule has 0 aromatic carbocycles. The Labute approximate surface area is 100 Å². The molecule has 0 saturated heterocycles. The van der Waals surface area contributed by atoms with Gasteiger partial charge in [-0.3, -0.25) is 4.98 Å². The topological polar surface area (TPSA) is 92.8 Å². The number of ether oxygens (including phenoxy) is 1. The maximum Gasteiger partial charge on any atom is 0.188 e. The predicted molar refractivity (Wildman–Crippen MR) is 64.9 cm³/mol. The van der Waals surface area contributed by atoms with E-state index >= 15 is 0 Å². The molecule has 0 unspecified atom stereocenters. The van der Waals surface area contributed by atoms with Crippen molar-refractivity contribution in [3.63, 3.8) is 0 Å². The van der Waals surface area contributed by atoms with Crippen LogP contribution in [-0.4, -0.2) is 36.3 Å². The molecule has 1 aromatic rings. The Balaban J connectivity index is 2.43. The van der Waals surface area contributed by atoms with E-state index in [0.717, 1.165) is 31.7 Å². The second-order valence-electron chi connectivity index (χ2n) is 3.56. The number of pyridine rings is 1. The Morgan fingerprint density at radius 3 is 3.18 bits per heavy atom. The first-order chi connectivity index (χ1) is 8.27. The molecule has 6 nitrogen and oxygen atoms in total. The minimum Gasteiger partial charge on any atom is -0.409 e. The maximum atomic E-state index is 8.55. The number of methoxy groups -OCH3 is 1. The summed E-state index contributed by atoms with van der Waals surface area (Å²) in [6.07, 6.45) is 2.61.